The molecule has 0 aliphatic heterocycles. The predicted octanol–water partition coefficient (Wildman–Crippen LogP) is 0.668. The van der Waals surface area contributed by atoms with E-state index < -0.39 is 20.3 Å². The Morgan fingerprint density at radius 2 is 2.09 bits per heavy atom. The molecule has 64 valence electrons. The maximum Gasteiger partial charge on any atom is 0.274 e. The fourth-order valence-corrected chi connectivity index (χ4v) is 1.52. The topological polar surface area (TPSA) is 71.4 Å². The fraction of sp³-hybridized carbons (Fsp3) is 0.400. The summed E-state index contributed by atoms with van der Waals surface area (Å²) in [6.45, 7) is 4.78. The Kier molecular flexibility index (Phi) is 3.77. The van der Waals surface area contributed by atoms with E-state index in [1.165, 1.54) is 6.92 Å². The maximum atomic E-state index is 10.7. The second-order valence-electron chi connectivity index (χ2n) is 1.91. The monoisotopic (exact) mass is 196 g/mol. The molecule has 0 bridgehead atoms. The van der Waals surface area contributed by atoms with E-state index in [-0.39, 0.29) is 5.57 Å². The molecule has 0 saturated heterocycles. The third-order valence-electron chi connectivity index (χ3n) is 0.687. The second-order valence-corrected chi connectivity index (χ2v) is 4.68. The molecule has 0 radical (unpaired) electrons. The first-order valence-corrected chi connectivity index (χ1v) is 5.20. The predicted molar refractivity (Wildman–Crippen MR) is 43.8 cm³/mol. The van der Waals surface area contributed by atoms with E-state index in [0.717, 1.165) is 0 Å². The first kappa shape index (κ1) is 10.7. The fourth-order valence-electron chi connectivity index (χ4n) is 0.251. The van der Waals surface area contributed by atoms with Crippen molar-refractivity contribution in [3.8, 4) is 0 Å². The standard InChI is InChI=1S/C5H8O4S2/c1-4(2)5(6)10-3-11(7,8)9/h1,3H2,2H3,(H,7,8,9). The van der Waals surface area contributed by atoms with Crippen molar-refractivity contribution in [3.05, 3.63) is 12.2 Å². The minimum atomic E-state index is -4.05. The summed E-state index contributed by atoms with van der Waals surface area (Å²) in [6, 6.07) is 0. The molecule has 0 aromatic rings. The van der Waals surface area contributed by atoms with Crippen molar-refractivity contribution in [1.82, 2.24) is 0 Å². The smallest absolute Gasteiger partial charge is 0.274 e. The van der Waals surface area contributed by atoms with Crippen LogP contribution in [-0.2, 0) is 14.9 Å². The van der Waals surface area contributed by atoms with Gasteiger partial charge in [0.1, 0.15) is 5.08 Å². The van der Waals surface area contributed by atoms with Gasteiger partial charge < -0.3 is 0 Å². The van der Waals surface area contributed by atoms with Crippen molar-refractivity contribution in [3.63, 3.8) is 0 Å². The van der Waals surface area contributed by atoms with Crippen LogP contribution in [0.15, 0.2) is 12.2 Å². The van der Waals surface area contributed by atoms with Crippen LogP contribution in [0.4, 0.5) is 0 Å². The SMILES string of the molecule is C=C(C)C(=O)SCS(=O)(=O)O. The molecule has 0 aliphatic carbocycles. The molecule has 0 aliphatic rings. The van der Waals surface area contributed by atoms with E-state index in [4.69, 9.17) is 4.55 Å². The van der Waals surface area contributed by atoms with Crippen LogP contribution in [0.3, 0.4) is 0 Å². The lowest BCUT2D eigenvalue weighted by atomic mass is 10.4. The summed E-state index contributed by atoms with van der Waals surface area (Å²) in [5.41, 5.74) is 0.263. The zero-order valence-corrected chi connectivity index (χ0v) is 7.54. The Morgan fingerprint density at radius 1 is 1.64 bits per heavy atom. The molecule has 0 aromatic heterocycles. The molecule has 4 nitrogen and oxygen atoms in total. The molecule has 6 heteroatoms. The largest absolute Gasteiger partial charge is 0.285 e. The lowest BCUT2D eigenvalue weighted by Crippen LogP contribution is -2.03. The van der Waals surface area contributed by atoms with Gasteiger partial charge >= 0.3 is 0 Å². The number of carbonyl (C=O) groups is 1. The Bertz CT molecular complexity index is 264. The van der Waals surface area contributed by atoms with Gasteiger partial charge in [-0.1, -0.05) is 18.3 Å². The highest BCUT2D eigenvalue weighted by Gasteiger charge is 2.09. The number of hydrogen-bond donors (Lipinski definition) is 1. The Morgan fingerprint density at radius 3 is 2.36 bits per heavy atom. The van der Waals surface area contributed by atoms with Crippen molar-refractivity contribution in [1.29, 1.82) is 0 Å². The number of hydrogen-bond acceptors (Lipinski definition) is 4. The summed E-state index contributed by atoms with van der Waals surface area (Å²) in [4.78, 5) is 10.7. The van der Waals surface area contributed by atoms with Crippen LogP contribution in [0, 0.1) is 0 Å². The molecular weight excluding hydrogens is 188 g/mol. The number of carbonyl (C=O) groups excluding carboxylic acids is 1. The van der Waals surface area contributed by atoms with Crippen molar-refractivity contribution >= 4 is 27.0 Å². The molecule has 0 spiro atoms. The highest BCUT2D eigenvalue weighted by atomic mass is 32.3. The van der Waals surface area contributed by atoms with E-state index in [9.17, 15) is 13.2 Å². The molecular formula is C5H8O4S2. The van der Waals surface area contributed by atoms with Gasteiger partial charge in [-0.15, -0.1) is 0 Å². The van der Waals surface area contributed by atoms with Gasteiger partial charge in [-0.3, -0.25) is 9.35 Å². The lowest BCUT2D eigenvalue weighted by Gasteiger charge is -1.95. The average molecular weight is 196 g/mol. The second kappa shape index (κ2) is 3.89. The lowest BCUT2D eigenvalue weighted by molar-refractivity contribution is -0.107. The molecule has 1 N–H and O–H groups in total. The summed E-state index contributed by atoms with van der Waals surface area (Å²) >= 11 is 0.515. The quantitative estimate of drug-likeness (QED) is 0.530. The first-order chi connectivity index (χ1) is 4.83. The summed E-state index contributed by atoms with van der Waals surface area (Å²) in [5, 5.41) is -1.04. The van der Waals surface area contributed by atoms with Crippen molar-refractivity contribution in [2.45, 2.75) is 6.92 Å². The van der Waals surface area contributed by atoms with E-state index in [0.29, 0.717) is 11.8 Å². The molecule has 0 rings (SSSR count). The van der Waals surface area contributed by atoms with Gasteiger partial charge in [0.05, 0.1) is 0 Å². The summed E-state index contributed by atoms with van der Waals surface area (Å²) in [6.07, 6.45) is 0. The molecule has 0 saturated carbocycles. The zero-order chi connectivity index (χ0) is 9.07. The van der Waals surface area contributed by atoms with Gasteiger partial charge in [0.2, 0.25) is 5.12 Å². The zero-order valence-electron chi connectivity index (χ0n) is 5.90. The Hall–Kier alpha value is -0.330. The van der Waals surface area contributed by atoms with Gasteiger partial charge in [0.25, 0.3) is 10.1 Å². The average Bonchev–Trinajstić information content (AvgIpc) is 1.80. The minimum Gasteiger partial charge on any atom is -0.285 e. The van der Waals surface area contributed by atoms with E-state index in [2.05, 4.69) is 6.58 Å². The van der Waals surface area contributed by atoms with Crippen LogP contribution in [0.2, 0.25) is 0 Å². The van der Waals surface area contributed by atoms with Crippen LogP contribution in [-0.4, -0.2) is 23.2 Å². The van der Waals surface area contributed by atoms with Gasteiger partial charge in [0, 0.05) is 0 Å². The van der Waals surface area contributed by atoms with Crippen LogP contribution >= 0.6 is 11.8 Å². The molecule has 0 atom stereocenters. The third-order valence-corrected chi connectivity index (χ3v) is 2.96. The highest BCUT2D eigenvalue weighted by molar-refractivity contribution is 8.21. The van der Waals surface area contributed by atoms with Gasteiger partial charge in [-0.25, -0.2) is 0 Å². The van der Waals surface area contributed by atoms with Gasteiger partial charge in [0.15, 0.2) is 0 Å². The summed E-state index contributed by atoms with van der Waals surface area (Å²) < 4.78 is 28.4. The number of thioether (sulfide) groups is 1. The highest BCUT2D eigenvalue weighted by Crippen LogP contribution is 2.10. The van der Waals surface area contributed by atoms with Crippen LogP contribution in [0.25, 0.3) is 0 Å². The minimum absolute atomic E-state index is 0.263. The van der Waals surface area contributed by atoms with Crippen molar-refractivity contribution < 1.29 is 17.8 Å². The normalized spacial score (nSPS) is 11.1. The van der Waals surface area contributed by atoms with E-state index in [1.807, 2.05) is 0 Å². The van der Waals surface area contributed by atoms with Crippen LogP contribution < -0.4 is 0 Å². The van der Waals surface area contributed by atoms with Crippen molar-refractivity contribution in [2.24, 2.45) is 0 Å². The first-order valence-electron chi connectivity index (χ1n) is 2.61. The summed E-state index contributed by atoms with van der Waals surface area (Å²) in [5.74, 6) is 0. The Labute approximate surface area is 69.4 Å². The van der Waals surface area contributed by atoms with Crippen LogP contribution in [0.1, 0.15) is 6.92 Å². The third kappa shape index (κ3) is 6.08. The molecule has 0 fully saturated rings. The van der Waals surface area contributed by atoms with E-state index >= 15 is 0 Å². The van der Waals surface area contributed by atoms with Crippen LogP contribution in [0.5, 0.6) is 0 Å². The van der Waals surface area contributed by atoms with Gasteiger partial charge in [-0.2, -0.15) is 8.42 Å². The molecule has 0 aromatic carbocycles. The van der Waals surface area contributed by atoms with E-state index in [1.54, 1.807) is 0 Å². The molecule has 0 unspecified atom stereocenters. The van der Waals surface area contributed by atoms with Gasteiger partial charge in [-0.05, 0) is 12.5 Å². The number of rotatable bonds is 3. The molecule has 11 heavy (non-hydrogen) atoms. The summed E-state index contributed by atoms with van der Waals surface area (Å²) in [7, 11) is -4.05. The molecule has 0 heterocycles. The molecule has 0 amide bonds. The van der Waals surface area contributed by atoms with Crippen molar-refractivity contribution in [2.75, 3.05) is 5.08 Å². The Balaban J connectivity index is 3.92. The maximum absolute atomic E-state index is 10.7.